The average molecular weight is 433 g/mol. The van der Waals surface area contributed by atoms with E-state index in [-0.39, 0.29) is 11.8 Å². The lowest BCUT2D eigenvalue weighted by atomic mass is 9.47. The number of aryl methyl sites for hydroxylation is 1. The highest BCUT2D eigenvalue weighted by Gasteiger charge is 2.77. The van der Waals surface area contributed by atoms with Crippen LogP contribution in [-0.4, -0.2) is 25.5 Å². The number of ether oxygens (including phenoxy) is 2. The second kappa shape index (κ2) is 6.49. The van der Waals surface area contributed by atoms with Crippen LogP contribution in [0.4, 0.5) is 13.2 Å². The molecule has 1 aromatic rings. The van der Waals surface area contributed by atoms with Crippen LogP contribution in [0.25, 0.3) is 0 Å². The maximum Gasteiger partial charge on any atom is 0.411 e. The number of hydrogen-bond acceptors (Lipinski definition) is 4. The third kappa shape index (κ3) is 2.77. The van der Waals surface area contributed by atoms with E-state index in [1.54, 1.807) is 19.1 Å². The Bertz CT molecular complexity index is 799. The molecule has 1 saturated heterocycles. The summed E-state index contributed by atoms with van der Waals surface area (Å²) in [5, 5.41) is 0.418. The molecular formula is C21H24ClF3O4. The zero-order chi connectivity index (χ0) is 20.6. The standard InChI is InChI=1S/C21H24ClF3O4/c1-11-3-16(9-17(26-2)18(11)22)21(27-10-19(23,24)25)20(28-29-21)14-5-12-4-13(7-14)8-15(20)6-12/h3,9,12-15H,4-8,10H2,1-2H3. The van der Waals surface area contributed by atoms with Crippen molar-refractivity contribution in [3.8, 4) is 5.75 Å². The monoisotopic (exact) mass is 432 g/mol. The topological polar surface area (TPSA) is 36.9 Å². The van der Waals surface area contributed by atoms with Gasteiger partial charge in [0.05, 0.1) is 12.1 Å². The second-order valence-electron chi connectivity index (χ2n) is 9.09. The molecule has 4 bridgehead atoms. The van der Waals surface area contributed by atoms with Crippen molar-refractivity contribution in [2.24, 2.45) is 23.7 Å². The summed E-state index contributed by atoms with van der Waals surface area (Å²) in [5.74, 6) is 0.230. The molecule has 8 heteroatoms. The fourth-order valence-electron chi connectivity index (χ4n) is 6.52. The third-order valence-electron chi connectivity index (χ3n) is 7.42. The van der Waals surface area contributed by atoms with Crippen LogP contribution in [0, 0.1) is 30.6 Å². The van der Waals surface area contributed by atoms with Crippen molar-refractivity contribution in [3.63, 3.8) is 0 Å². The molecule has 1 spiro atoms. The first kappa shape index (κ1) is 19.9. The number of methoxy groups -OCH3 is 1. The summed E-state index contributed by atoms with van der Waals surface area (Å²) in [6, 6.07) is 3.36. The van der Waals surface area contributed by atoms with Gasteiger partial charge in [0.25, 0.3) is 5.79 Å². The van der Waals surface area contributed by atoms with Gasteiger partial charge in [-0.3, -0.25) is 0 Å². The predicted molar refractivity (Wildman–Crippen MR) is 98.4 cm³/mol. The maximum absolute atomic E-state index is 13.2. The molecule has 160 valence electrons. The van der Waals surface area contributed by atoms with Gasteiger partial charge < -0.3 is 9.47 Å². The highest BCUT2D eigenvalue weighted by Crippen LogP contribution is 2.69. The van der Waals surface area contributed by atoms with Gasteiger partial charge in [-0.2, -0.15) is 18.1 Å². The SMILES string of the molecule is COc1cc(C2(OCC(F)(F)F)OOC23C2CC4CC(C2)CC3C4)cc(C)c1Cl. The molecule has 0 N–H and O–H groups in total. The van der Waals surface area contributed by atoms with Gasteiger partial charge in [-0.15, -0.1) is 0 Å². The minimum Gasteiger partial charge on any atom is -0.495 e. The summed E-state index contributed by atoms with van der Waals surface area (Å²) < 4.78 is 50.6. The van der Waals surface area contributed by atoms with E-state index in [1.807, 2.05) is 0 Å². The van der Waals surface area contributed by atoms with E-state index in [1.165, 1.54) is 13.5 Å². The normalized spacial score (nSPS) is 40.3. The first-order valence-corrected chi connectivity index (χ1v) is 10.5. The fourth-order valence-corrected chi connectivity index (χ4v) is 6.71. The van der Waals surface area contributed by atoms with Crippen molar-refractivity contribution >= 4 is 11.6 Å². The molecule has 5 fully saturated rings. The summed E-state index contributed by atoms with van der Waals surface area (Å²) in [7, 11) is 1.48. The smallest absolute Gasteiger partial charge is 0.411 e. The Kier molecular flexibility index (Phi) is 4.46. The number of benzene rings is 1. The minimum atomic E-state index is -4.48. The van der Waals surface area contributed by atoms with E-state index >= 15 is 0 Å². The number of halogens is 4. The van der Waals surface area contributed by atoms with Crippen molar-refractivity contribution in [3.05, 3.63) is 28.3 Å². The summed E-state index contributed by atoms with van der Waals surface area (Å²) in [5.41, 5.74) is 0.251. The van der Waals surface area contributed by atoms with Crippen LogP contribution in [-0.2, 0) is 20.3 Å². The molecule has 1 unspecified atom stereocenters. The highest BCUT2D eigenvalue weighted by molar-refractivity contribution is 6.32. The molecule has 0 aromatic heterocycles. The summed E-state index contributed by atoms with van der Waals surface area (Å²) in [6.45, 7) is 0.378. The highest BCUT2D eigenvalue weighted by atomic mass is 35.5. The zero-order valence-electron chi connectivity index (χ0n) is 16.4. The lowest BCUT2D eigenvalue weighted by molar-refractivity contribution is -0.650. The molecule has 1 aliphatic heterocycles. The molecule has 5 aliphatic rings. The van der Waals surface area contributed by atoms with Gasteiger partial charge in [-0.1, -0.05) is 11.6 Å². The summed E-state index contributed by atoms with van der Waals surface area (Å²) in [4.78, 5) is 11.4. The Morgan fingerprint density at radius 3 is 2.17 bits per heavy atom. The Balaban J connectivity index is 1.62. The predicted octanol–water partition coefficient (Wildman–Crippen LogP) is 5.55. The van der Waals surface area contributed by atoms with E-state index in [2.05, 4.69) is 0 Å². The number of hydrogen-bond donors (Lipinski definition) is 0. The molecular weight excluding hydrogens is 409 g/mol. The lowest BCUT2D eigenvalue weighted by Gasteiger charge is -2.68. The molecule has 1 heterocycles. The minimum absolute atomic E-state index is 0.114. The van der Waals surface area contributed by atoms with Crippen molar-refractivity contribution in [1.82, 2.24) is 0 Å². The molecule has 4 aliphatic carbocycles. The van der Waals surface area contributed by atoms with E-state index < -0.39 is 24.2 Å². The van der Waals surface area contributed by atoms with Gasteiger partial charge in [-0.05, 0) is 80.4 Å². The molecule has 29 heavy (non-hydrogen) atoms. The lowest BCUT2D eigenvalue weighted by Crippen LogP contribution is -2.77. The molecule has 4 nitrogen and oxygen atoms in total. The Labute approximate surface area is 172 Å². The zero-order valence-corrected chi connectivity index (χ0v) is 17.1. The van der Waals surface area contributed by atoms with Gasteiger partial charge in [0, 0.05) is 5.56 Å². The van der Waals surface area contributed by atoms with Gasteiger partial charge in [-0.25, -0.2) is 4.89 Å². The van der Waals surface area contributed by atoms with Gasteiger partial charge in [0.15, 0.2) is 5.60 Å². The number of alkyl halides is 3. The molecule has 1 atom stereocenters. The van der Waals surface area contributed by atoms with Crippen LogP contribution in [0.5, 0.6) is 5.75 Å². The maximum atomic E-state index is 13.2. The largest absolute Gasteiger partial charge is 0.495 e. The van der Waals surface area contributed by atoms with E-state index in [0.29, 0.717) is 33.7 Å². The molecule has 0 amide bonds. The van der Waals surface area contributed by atoms with Crippen LogP contribution < -0.4 is 4.74 Å². The Morgan fingerprint density at radius 2 is 1.69 bits per heavy atom. The molecule has 6 rings (SSSR count). The van der Waals surface area contributed by atoms with Crippen LogP contribution in [0.1, 0.15) is 43.2 Å². The van der Waals surface area contributed by atoms with Gasteiger partial charge >= 0.3 is 6.18 Å². The molecule has 0 radical (unpaired) electrons. The average Bonchev–Trinajstić information content (AvgIpc) is 2.62. The van der Waals surface area contributed by atoms with Crippen LogP contribution >= 0.6 is 11.6 Å². The fraction of sp³-hybridized carbons (Fsp3) is 0.714. The second-order valence-corrected chi connectivity index (χ2v) is 9.47. The van der Waals surface area contributed by atoms with E-state index in [9.17, 15) is 13.2 Å². The first-order chi connectivity index (χ1) is 13.7. The van der Waals surface area contributed by atoms with Crippen LogP contribution in [0.15, 0.2) is 12.1 Å². The van der Waals surface area contributed by atoms with Gasteiger partial charge in [0.1, 0.15) is 12.4 Å². The number of rotatable bonds is 4. The van der Waals surface area contributed by atoms with Crippen molar-refractivity contribution < 1.29 is 32.4 Å². The summed E-state index contributed by atoms with van der Waals surface area (Å²) in [6.07, 6.45) is 0.502. The molecule has 1 aromatic carbocycles. The van der Waals surface area contributed by atoms with Crippen LogP contribution in [0.3, 0.4) is 0 Å². The van der Waals surface area contributed by atoms with Crippen molar-refractivity contribution in [2.45, 2.75) is 56.6 Å². The van der Waals surface area contributed by atoms with Gasteiger partial charge in [0.2, 0.25) is 0 Å². The first-order valence-electron chi connectivity index (χ1n) is 10.1. The Morgan fingerprint density at radius 1 is 1.07 bits per heavy atom. The van der Waals surface area contributed by atoms with Crippen molar-refractivity contribution in [2.75, 3.05) is 13.7 Å². The third-order valence-corrected chi connectivity index (χ3v) is 7.91. The Hall–Kier alpha value is -1.02. The van der Waals surface area contributed by atoms with Crippen molar-refractivity contribution in [1.29, 1.82) is 0 Å². The van der Waals surface area contributed by atoms with E-state index in [4.69, 9.17) is 30.8 Å². The summed E-state index contributed by atoms with van der Waals surface area (Å²) >= 11 is 6.31. The quantitative estimate of drug-likeness (QED) is 0.585. The molecule has 4 saturated carbocycles. The van der Waals surface area contributed by atoms with E-state index in [0.717, 1.165) is 25.7 Å². The van der Waals surface area contributed by atoms with Crippen LogP contribution in [0.2, 0.25) is 5.02 Å².